The van der Waals surface area contributed by atoms with Gasteiger partial charge in [0, 0.05) is 38.3 Å². The fourth-order valence-corrected chi connectivity index (χ4v) is 3.33. The summed E-state index contributed by atoms with van der Waals surface area (Å²) in [6, 6.07) is 6.53. The van der Waals surface area contributed by atoms with Gasteiger partial charge in [0.1, 0.15) is 0 Å². The molecular weight excluding hydrogens is 450 g/mol. The Balaban J connectivity index is 2.32. The molecule has 1 N–H and O–H groups in total. The van der Waals surface area contributed by atoms with Gasteiger partial charge in [-0.3, -0.25) is 25.0 Å². The zero-order valence-electron chi connectivity index (χ0n) is 12.1. The Morgan fingerprint density at radius 3 is 2.08 bits per heavy atom. The lowest BCUT2D eigenvalue weighted by molar-refractivity contribution is -0.385. The van der Waals surface area contributed by atoms with Crippen molar-refractivity contribution in [2.24, 2.45) is 0 Å². The van der Waals surface area contributed by atoms with Crippen LogP contribution in [0.3, 0.4) is 0 Å². The first-order valence-corrected chi connectivity index (χ1v) is 7.99. The minimum absolute atomic E-state index is 0.0794. The van der Waals surface area contributed by atoms with E-state index in [9.17, 15) is 25.0 Å². The molecule has 0 heterocycles. The molecule has 0 aliphatic rings. The summed E-state index contributed by atoms with van der Waals surface area (Å²) in [5.41, 5.74) is 0.688. The van der Waals surface area contributed by atoms with E-state index >= 15 is 0 Å². The first kappa shape index (κ1) is 18.0. The van der Waals surface area contributed by atoms with Crippen molar-refractivity contribution in [3.8, 4) is 0 Å². The van der Waals surface area contributed by atoms with Gasteiger partial charge in [-0.1, -0.05) is 0 Å². The number of carbonyl (C=O) groups excluding carboxylic acids is 1. The number of amides is 1. The molecular formula is C14H9Br2N3O5. The molecule has 2 aromatic rings. The average molecular weight is 459 g/mol. The molecule has 0 atom stereocenters. The van der Waals surface area contributed by atoms with Crippen molar-refractivity contribution in [2.45, 2.75) is 6.92 Å². The van der Waals surface area contributed by atoms with Crippen molar-refractivity contribution < 1.29 is 14.6 Å². The lowest BCUT2D eigenvalue weighted by Gasteiger charge is -2.10. The number of hydrogen-bond donors (Lipinski definition) is 1. The predicted octanol–water partition coefficient (Wildman–Crippen LogP) is 4.59. The normalized spacial score (nSPS) is 10.3. The number of non-ortho nitro benzene ring substituents is 1. The van der Waals surface area contributed by atoms with Gasteiger partial charge in [0.15, 0.2) is 0 Å². The van der Waals surface area contributed by atoms with Crippen LogP contribution in [0.1, 0.15) is 15.9 Å². The van der Waals surface area contributed by atoms with Crippen LogP contribution in [0.2, 0.25) is 0 Å². The fraction of sp³-hybridized carbons (Fsp3) is 0.0714. The van der Waals surface area contributed by atoms with Crippen molar-refractivity contribution in [3.05, 3.63) is 70.6 Å². The summed E-state index contributed by atoms with van der Waals surface area (Å²) in [7, 11) is 0. The van der Waals surface area contributed by atoms with E-state index in [4.69, 9.17) is 0 Å². The van der Waals surface area contributed by atoms with Crippen molar-refractivity contribution in [1.29, 1.82) is 0 Å². The number of nitro groups is 2. The summed E-state index contributed by atoms with van der Waals surface area (Å²) in [5, 5.41) is 24.2. The number of anilines is 1. The maximum atomic E-state index is 12.3. The maximum Gasteiger partial charge on any atom is 0.272 e. The van der Waals surface area contributed by atoms with Crippen LogP contribution in [0.4, 0.5) is 17.1 Å². The van der Waals surface area contributed by atoms with Crippen molar-refractivity contribution in [3.63, 3.8) is 0 Å². The highest BCUT2D eigenvalue weighted by Gasteiger charge is 2.18. The zero-order valence-corrected chi connectivity index (χ0v) is 15.3. The Hall–Kier alpha value is -2.33. The molecule has 0 radical (unpaired) electrons. The SMILES string of the molecule is Cc1cc(C(=O)Nc2c(Br)cc([N+](=O)[O-])cc2Br)ccc1[N+](=O)[O-]. The molecule has 2 rings (SSSR count). The summed E-state index contributed by atoms with van der Waals surface area (Å²) < 4.78 is 0.658. The zero-order chi connectivity index (χ0) is 18.0. The molecule has 0 bridgehead atoms. The number of nitrogens with one attached hydrogen (secondary N) is 1. The summed E-state index contributed by atoms with van der Waals surface area (Å²) in [6.45, 7) is 1.53. The van der Waals surface area contributed by atoms with E-state index in [-0.39, 0.29) is 16.9 Å². The van der Waals surface area contributed by atoms with E-state index in [0.717, 1.165) is 0 Å². The Labute approximate surface area is 152 Å². The van der Waals surface area contributed by atoms with E-state index in [1.54, 1.807) is 0 Å². The van der Waals surface area contributed by atoms with Gasteiger partial charge in [0.25, 0.3) is 17.3 Å². The number of benzene rings is 2. The van der Waals surface area contributed by atoms with Crippen LogP contribution < -0.4 is 5.32 Å². The lowest BCUT2D eigenvalue weighted by Crippen LogP contribution is -2.13. The number of nitro benzene ring substituents is 2. The Morgan fingerprint density at radius 1 is 1.04 bits per heavy atom. The molecule has 1 amide bonds. The van der Waals surface area contributed by atoms with Crippen molar-refractivity contribution in [1.82, 2.24) is 0 Å². The third-order valence-electron chi connectivity index (χ3n) is 3.13. The van der Waals surface area contributed by atoms with E-state index in [2.05, 4.69) is 37.2 Å². The van der Waals surface area contributed by atoms with Crippen molar-refractivity contribution >= 4 is 54.8 Å². The molecule has 8 nitrogen and oxygen atoms in total. The Kier molecular flexibility index (Phi) is 5.30. The van der Waals surface area contributed by atoms with Gasteiger partial charge in [0.2, 0.25) is 0 Å². The van der Waals surface area contributed by atoms with Crippen LogP contribution in [-0.2, 0) is 0 Å². The number of carbonyl (C=O) groups is 1. The minimum Gasteiger partial charge on any atom is -0.320 e. The summed E-state index contributed by atoms with van der Waals surface area (Å²) in [4.78, 5) is 32.8. The highest BCUT2D eigenvalue weighted by Crippen LogP contribution is 2.35. The molecule has 0 spiro atoms. The van der Waals surface area contributed by atoms with Gasteiger partial charge in [0.05, 0.1) is 15.5 Å². The second-order valence-corrected chi connectivity index (χ2v) is 6.46. The smallest absolute Gasteiger partial charge is 0.272 e. The molecule has 10 heteroatoms. The Bertz CT molecular complexity index is 846. The molecule has 24 heavy (non-hydrogen) atoms. The van der Waals surface area contributed by atoms with Gasteiger partial charge in [-0.2, -0.15) is 0 Å². The predicted molar refractivity (Wildman–Crippen MR) is 94.3 cm³/mol. The molecule has 0 aliphatic carbocycles. The van der Waals surface area contributed by atoms with Crippen molar-refractivity contribution in [2.75, 3.05) is 5.32 Å². The topological polar surface area (TPSA) is 115 Å². The molecule has 0 fully saturated rings. The molecule has 0 aromatic heterocycles. The molecule has 2 aromatic carbocycles. The van der Waals surface area contributed by atoms with Crippen LogP contribution in [0.15, 0.2) is 39.3 Å². The summed E-state index contributed by atoms with van der Waals surface area (Å²) in [5.74, 6) is -0.497. The largest absolute Gasteiger partial charge is 0.320 e. The summed E-state index contributed by atoms with van der Waals surface area (Å²) >= 11 is 6.35. The average Bonchev–Trinajstić information content (AvgIpc) is 2.49. The molecule has 0 unspecified atom stereocenters. The van der Waals surface area contributed by atoms with Crippen LogP contribution in [-0.4, -0.2) is 15.8 Å². The second-order valence-electron chi connectivity index (χ2n) is 4.75. The van der Waals surface area contributed by atoms with Crippen LogP contribution in [0.5, 0.6) is 0 Å². The third-order valence-corrected chi connectivity index (χ3v) is 4.38. The number of aryl methyl sites for hydroxylation is 1. The number of rotatable bonds is 4. The van der Waals surface area contributed by atoms with E-state index < -0.39 is 15.8 Å². The van der Waals surface area contributed by atoms with Crippen LogP contribution >= 0.6 is 31.9 Å². The highest BCUT2D eigenvalue weighted by molar-refractivity contribution is 9.11. The standard InChI is InChI=1S/C14H9Br2N3O5/c1-7-4-8(2-3-12(7)19(23)24)14(20)17-13-10(15)5-9(18(21)22)6-11(13)16/h2-6H,1H3,(H,17,20). The molecule has 124 valence electrons. The Morgan fingerprint density at radius 2 is 1.62 bits per heavy atom. The molecule has 0 saturated carbocycles. The number of nitrogens with zero attached hydrogens (tertiary/aromatic N) is 2. The maximum absolute atomic E-state index is 12.3. The van der Waals surface area contributed by atoms with E-state index in [1.165, 1.54) is 37.3 Å². The quantitative estimate of drug-likeness (QED) is 0.531. The first-order valence-electron chi connectivity index (χ1n) is 6.40. The number of halogens is 2. The highest BCUT2D eigenvalue weighted by atomic mass is 79.9. The van der Waals surface area contributed by atoms with Gasteiger partial charge >= 0.3 is 0 Å². The second kappa shape index (κ2) is 7.05. The fourth-order valence-electron chi connectivity index (χ4n) is 1.97. The van der Waals surface area contributed by atoms with Gasteiger partial charge in [-0.05, 0) is 50.9 Å². The molecule has 0 saturated heterocycles. The molecule has 0 aliphatic heterocycles. The van der Waals surface area contributed by atoms with Crippen LogP contribution in [0.25, 0.3) is 0 Å². The van der Waals surface area contributed by atoms with E-state index in [1.807, 2.05) is 0 Å². The summed E-state index contributed by atoms with van der Waals surface area (Å²) in [6.07, 6.45) is 0. The van der Waals surface area contributed by atoms with Gasteiger partial charge in [-0.15, -0.1) is 0 Å². The first-order chi connectivity index (χ1) is 11.2. The van der Waals surface area contributed by atoms with Crippen LogP contribution in [0, 0.1) is 27.2 Å². The third kappa shape index (κ3) is 3.77. The monoisotopic (exact) mass is 457 g/mol. The van der Waals surface area contributed by atoms with Gasteiger partial charge < -0.3 is 5.32 Å². The number of hydrogen-bond acceptors (Lipinski definition) is 5. The van der Waals surface area contributed by atoms with E-state index in [0.29, 0.717) is 20.2 Å². The minimum atomic E-state index is -0.555. The lowest BCUT2D eigenvalue weighted by atomic mass is 10.1. The van der Waals surface area contributed by atoms with Gasteiger partial charge in [-0.25, -0.2) is 0 Å².